The first-order chi connectivity index (χ1) is 10.6. The molecule has 0 spiro atoms. The van der Waals surface area contributed by atoms with Gasteiger partial charge >= 0.3 is 5.97 Å². The predicted octanol–water partition coefficient (Wildman–Crippen LogP) is 1.78. The molecule has 22 heavy (non-hydrogen) atoms. The molecule has 112 valence electrons. The van der Waals surface area contributed by atoms with Crippen LogP contribution in [0.2, 0.25) is 0 Å². The maximum atomic E-state index is 12.8. The fourth-order valence-corrected chi connectivity index (χ4v) is 4.09. The van der Waals surface area contributed by atoms with Gasteiger partial charge < -0.3 is 4.74 Å². The lowest BCUT2D eigenvalue weighted by atomic mass is 9.85. The van der Waals surface area contributed by atoms with Crippen LogP contribution in [-0.2, 0) is 14.3 Å². The molecule has 1 aromatic carbocycles. The lowest BCUT2D eigenvalue weighted by Gasteiger charge is -2.19. The summed E-state index contributed by atoms with van der Waals surface area (Å²) in [5, 5.41) is 0. The Morgan fingerprint density at radius 3 is 2.27 bits per heavy atom. The topological polar surface area (TPSA) is 63.7 Å². The number of hydrogen-bond acceptors (Lipinski definition) is 4. The maximum absolute atomic E-state index is 12.8. The summed E-state index contributed by atoms with van der Waals surface area (Å²) in [5.41, 5.74) is 0.574. The second-order valence-corrected chi connectivity index (χ2v) is 6.02. The molecule has 2 bridgehead atoms. The fourth-order valence-electron chi connectivity index (χ4n) is 4.09. The minimum atomic E-state index is -0.547. The van der Waals surface area contributed by atoms with E-state index in [1.165, 1.54) is 12.0 Å². The van der Waals surface area contributed by atoms with E-state index in [0.717, 1.165) is 6.42 Å². The number of carbonyl (C=O) groups excluding carboxylic acids is 3. The molecule has 1 saturated carbocycles. The van der Waals surface area contributed by atoms with E-state index in [1.54, 1.807) is 24.3 Å². The molecule has 1 aromatic rings. The van der Waals surface area contributed by atoms with Crippen LogP contribution in [0, 0.1) is 23.7 Å². The summed E-state index contributed by atoms with van der Waals surface area (Å²) in [6.45, 7) is 0. The third kappa shape index (κ3) is 1.56. The van der Waals surface area contributed by atoms with Crippen molar-refractivity contribution in [2.75, 3.05) is 12.0 Å². The van der Waals surface area contributed by atoms with Crippen molar-refractivity contribution in [2.24, 2.45) is 23.7 Å². The molecule has 5 nitrogen and oxygen atoms in total. The second kappa shape index (κ2) is 4.53. The van der Waals surface area contributed by atoms with Gasteiger partial charge in [-0.2, -0.15) is 0 Å². The van der Waals surface area contributed by atoms with Crippen molar-refractivity contribution in [1.29, 1.82) is 0 Å². The van der Waals surface area contributed by atoms with Crippen molar-refractivity contribution in [3.8, 4) is 0 Å². The van der Waals surface area contributed by atoms with Crippen LogP contribution in [0.4, 0.5) is 5.69 Å². The zero-order valence-electron chi connectivity index (χ0n) is 12.1. The number of esters is 1. The molecule has 3 aliphatic rings. The van der Waals surface area contributed by atoms with Crippen molar-refractivity contribution in [3.63, 3.8) is 0 Å². The van der Waals surface area contributed by atoms with Crippen LogP contribution in [0.5, 0.6) is 0 Å². The van der Waals surface area contributed by atoms with Crippen molar-refractivity contribution < 1.29 is 19.1 Å². The Hall–Kier alpha value is -2.43. The van der Waals surface area contributed by atoms with Gasteiger partial charge in [-0.3, -0.25) is 9.59 Å². The van der Waals surface area contributed by atoms with Crippen molar-refractivity contribution in [2.45, 2.75) is 6.42 Å². The number of allylic oxidation sites excluding steroid dienone is 2. The molecule has 0 N–H and O–H groups in total. The monoisotopic (exact) mass is 297 g/mol. The van der Waals surface area contributed by atoms with Crippen molar-refractivity contribution >= 4 is 23.5 Å². The highest BCUT2D eigenvalue weighted by atomic mass is 16.5. The highest BCUT2D eigenvalue weighted by Crippen LogP contribution is 2.53. The van der Waals surface area contributed by atoms with Gasteiger partial charge in [-0.15, -0.1) is 0 Å². The lowest BCUT2D eigenvalue weighted by molar-refractivity contribution is -0.123. The van der Waals surface area contributed by atoms with Crippen LogP contribution >= 0.6 is 0 Å². The number of anilines is 1. The minimum Gasteiger partial charge on any atom is -0.465 e. The third-order valence-electron chi connectivity index (χ3n) is 5.02. The normalized spacial score (nSPS) is 31.8. The largest absolute Gasteiger partial charge is 0.465 e. The summed E-state index contributed by atoms with van der Waals surface area (Å²) in [7, 11) is 1.28. The number of carbonyl (C=O) groups is 3. The van der Waals surface area contributed by atoms with Crippen LogP contribution in [-0.4, -0.2) is 24.9 Å². The number of hydrogen-bond donors (Lipinski definition) is 0. The smallest absolute Gasteiger partial charge is 0.339 e. The van der Waals surface area contributed by atoms with Gasteiger partial charge in [-0.25, -0.2) is 9.69 Å². The van der Waals surface area contributed by atoms with Gasteiger partial charge in [-0.1, -0.05) is 24.3 Å². The lowest BCUT2D eigenvalue weighted by Crippen LogP contribution is -2.34. The third-order valence-corrected chi connectivity index (χ3v) is 5.02. The van der Waals surface area contributed by atoms with Crippen molar-refractivity contribution in [1.82, 2.24) is 0 Å². The van der Waals surface area contributed by atoms with E-state index in [1.807, 2.05) is 12.2 Å². The summed E-state index contributed by atoms with van der Waals surface area (Å²) in [5.74, 6) is -1.16. The molecule has 2 amide bonds. The highest BCUT2D eigenvalue weighted by Gasteiger charge is 2.59. The number of nitrogens with zero attached hydrogens (tertiary/aromatic N) is 1. The number of ether oxygens (including phenoxy) is 1. The second-order valence-electron chi connectivity index (χ2n) is 6.02. The minimum absolute atomic E-state index is 0.154. The Balaban J connectivity index is 1.78. The molecule has 1 saturated heterocycles. The van der Waals surface area contributed by atoms with E-state index >= 15 is 0 Å². The first kappa shape index (κ1) is 13.2. The van der Waals surface area contributed by atoms with Gasteiger partial charge in [0.1, 0.15) is 0 Å². The molecule has 1 aliphatic heterocycles. The van der Waals surface area contributed by atoms with Gasteiger partial charge in [0.05, 0.1) is 30.2 Å². The molecule has 0 aromatic heterocycles. The Morgan fingerprint density at radius 2 is 1.68 bits per heavy atom. The number of methoxy groups -OCH3 is 1. The summed E-state index contributed by atoms with van der Waals surface area (Å²) in [4.78, 5) is 38.6. The molecule has 4 rings (SSSR count). The first-order valence-electron chi connectivity index (χ1n) is 7.37. The van der Waals surface area contributed by atoms with E-state index in [-0.39, 0.29) is 41.0 Å². The number of para-hydroxylation sites is 1. The van der Waals surface area contributed by atoms with Crippen LogP contribution in [0.15, 0.2) is 36.4 Å². The molecule has 2 fully saturated rings. The number of amides is 2. The summed E-state index contributed by atoms with van der Waals surface area (Å²) in [6, 6.07) is 6.59. The van der Waals surface area contributed by atoms with Gasteiger partial charge in [0, 0.05) is 0 Å². The number of imide groups is 1. The summed E-state index contributed by atoms with van der Waals surface area (Å²) in [6.07, 6.45) is 4.98. The summed E-state index contributed by atoms with van der Waals surface area (Å²) < 4.78 is 4.76. The van der Waals surface area contributed by atoms with Crippen LogP contribution in [0.3, 0.4) is 0 Å². The number of fused-ring (bicyclic) bond motifs is 5. The van der Waals surface area contributed by atoms with Crippen molar-refractivity contribution in [3.05, 3.63) is 42.0 Å². The van der Waals surface area contributed by atoms with Gasteiger partial charge in [-0.05, 0) is 30.4 Å². The molecule has 0 radical (unpaired) electrons. The number of rotatable bonds is 2. The average Bonchev–Trinajstić information content (AvgIpc) is 3.21. The van der Waals surface area contributed by atoms with Gasteiger partial charge in [0.2, 0.25) is 11.8 Å². The average molecular weight is 297 g/mol. The molecular weight excluding hydrogens is 282 g/mol. The van der Waals surface area contributed by atoms with Crippen LogP contribution in [0.25, 0.3) is 0 Å². The van der Waals surface area contributed by atoms with Gasteiger partial charge in [0.25, 0.3) is 0 Å². The zero-order valence-corrected chi connectivity index (χ0v) is 12.1. The first-order valence-corrected chi connectivity index (χ1v) is 7.37. The van der Waals surface area contributed by atoms with Crippen LogP contribution < -0.4 is 4.90 Å². The number of benzene rings is 1. The van der Waals surface area contributed by atoms with E-state index in [9.17, 15) is 14.4 Å². The molecule has 2 aliphatic carbocycles. The maximum Gasteiger partial charge on any atom is 0.339 e. The van der Waals surface area contributed by atoms with E-state index in [2.05, 4.69) is 0 Å². The van der Waals surface area contributed by atoms with Gasteiger partial charge in [0.15, 0.2) is 0 Å². The standard InChI is InChI=1S/C17H15NO4/c1-22-17(21)11-4-2-3-5-12(11)18-15(19)13-9-6-7-10(8-9)14(13)16(18)20/h2-7,9-10,13-14H,8H2,1H3/t9-,10+,13-,14-/m1/s1. The zero-order chi connectivity index (χ0) is 15.4. The predicted molar refractivity (Wildman–Crippen MR) is 78.0 cm³/mol. The SMILES string of the molecule is COC(=O)c1ccccc1N1C(=O)[C@H]2[C@H](C1=O)[C@H]1C=C[C@@H]2C1. The molecular formula is C17H15NO4. The fraction of sp³-hybridized carbons (Fsp3) is 0.353. The van der Waals surface area contributed by atoms with Crippen LogP contribution in [0.1, 0.15) is 16.8 Å². The molecule has 4 atom stereocenters. The quantitative estimate of drug-likeness (QED) is 0.474. The van der Waals surface area contributed by atoms with E-state index < -0.39 is 5.97 Å². The Morgan fingerprint density at radius 1 is 1.09 bits per heavy atom. The molecule has 0 unspecified atom stereocenters. The van der Waals surface area contributed by atoms with E-state index in [4.69, 9.17) is 4.74 Å². The Kier molecular flexibility index (Phi) is 2.73. The summed E-state index contributed by atoms with van der Waals surface area (Å²) >= 11 is 0. The Bertz CT molecular complexity index is 693. The van der Waals surface area contributed by atoms with E-state index in [0.29, 0.717) is 5.69 Å². The Labute approximate surface area is 127 Å². The molecule has 5 heteroatoms. The highest BCUT2D eigenvalue weighted by molar-refractivity contribution is 6.24. The molecule has 1 heterocycles.